The monoisotopic (exact) mass is 400 g/mol. The van der Waals surface area contributed by atoms with Gasteiger partial charge in [0.1, 0.15) is 10.5 Å². The summed E-state index contributed by atoms with van der Waals surface area (Å²) >= 11 is 8.04. The number of carbonyl (C=O) groups is 4. The zero-order valence-corrected chi connectivity index (χ0v) is 16.0. The van der Waals surface area contributed by atoms with E-state index in [0.717, 1.165) is 0 Å². The van der Waals surface area contributed by atoms with Gasteiger partial charge in [0.05, 0.1) is 14.2 Å². The molecule has 8 nitrogen and oxygen atoms in total. The van der Waals surface area contributed by atoms with Crippen LogP contribution in [0.5, 0.6) is 0 Å². The number of amides is 2. The molecule has 0 fully saturated rings. The van der Waals surface area contributed by atoms with E-state index in [1.807, 2.05) is 0 Å². The Morgan fingerprint density at radius 1 is 0.885 bits per heavy atom. The van der Waals surface area contributed by atoms with Gasteiger partial charge in [-0.05, 0) is 18.2 Å². The molecule has 2 unspecified atom stereocenters. The van der Waals surface area contributed by atoms with E-state index in [9.17, 15) is 19.2 Å². The number of esters is 2. The van der Waals surface area contributed by atoms with Crippen molar-refractivity contribution in [3.05, 3.63) is 35.4 Å². The number of nitrogens with one attached hydrogen (secondary N) is 2. The van der Waals surface area contributed by atoms with Gasteiger partial charge < -0.3 is 20.1 Å². The first kappa shape index (κ1) is 21.8. The standard InChI is InChI=1S/C16H20N2O6S2/c1-23-15(21)11(25)7-17-13(19)9-4-3-5-10(6-9)14(20)18-8-12(26)16(22)24-2/h3-6,11-12,25-26H,7-8H2,1-2H3,(H,17,19)(H,18,20). The summed E-state index contributed by atoms with van der Waals surface area (Å²) in [4.78, 5) is 46.8. The molecule has 0 radical (unpaired) electrons. The van der Waals surface area contributed by atoms with Gasteiger partial charge in [-0.2, -0.15) is 25.3 Å². The molecule has 0 aliphatic carbocycles. The molecule has 0 heterocycles. The minimum Gasteiger partial charge on any atom is -0.468 e. The first-order chi connectivity index (χ1) is 12.3. The van der Waals surface area contributed by atoms with Gasteiger partial charge in [-0.3, -0.25) is 19.2 Å². The van der Waals surface area contributed by atoms with E-state index in [4.69, 9.17) is 0 Å². The SMILES string of the molecule is COC(=O)C(S)CNC(=O)c1cccc(C(=O)NCC(S)C(=O)OC)c1. The smallest absolute Gasteiger partial charge is 0.320 e. The van der Waals surface area contributed by atoms with Gasteiger partial charge in [0.2, 0.25) is 0 Å². The predicted molar refractivity (Wildman–Crippen MR) is 101 cm³/mol. The van der Waals surface area contributed by atoms with Gasteiger partial charge in [-0.15, -0.1) is 0 Å². The van der Waals surface area contributed by atoms with Crippen LogP contribution >= 0.6 is 25.3 Å². The molecule has 0 saturated heterocycles. The van der Waals surface area contributed by atoms with E-state index in [1.165, 1.54) is 32.4 Å². The van der Waals surface area contributed by atoms with E-state index in [0.29, 0.717) is 0 Å². The Kier molecular flexibility index (Phi) is 9.00. The fourth-order valence-corrected chi connectivity index (χ4v) is 2.22. The second-order valence-corrected chi connectivity index (χ2v) is 6.33. The van der Waals surface area contributed by atoms with Crippen LogP contribution in [0.25, 0.3) is 0 Å². The molecule has 0 bridgehead atoms. The molecule has 26 heavy (non-hydrogen) atoms. The fraction of sp³-hybridized carbons (Fsp3) is 0.375. The van der Waals surface area contributed by atoms with Crippen molar-refractivity contribution in [2.24, 2.45) is 0 Å². The highest BCUT2D eigenvalue weighted by Gasteiger charge is 2.18. The molecule has 2 amide bonds. The molecule has 1 aromatic carbocycles. The third-order valence-electron chi connectivity index (χ3n) is 3.25. The Bertz CT molecular complexity index is 629. The number of carbonyl (C=O) groups excluding carboxylic acids is 4. The predicted octanol–water partition coefficient (Wildman–Crippen LogP) is 0.0890. The van der Waals surface area contributed by atoms with Crippen molar-refractivity contribution in [2.75, 3.05) is 27.3 Å². The highest BCUT2D eigenvalue weighted by atomic mass is 32.1. The normalized spacial score (nSPS) is 12.5. The molecular formula is C16H20N2O6S2. The number of thiol groups is 2. The quantitative estimate of drug-likeness (QED) is 0.364. The van der Waals surface area contributed by atoms with Gasteiger partial charge in [0, 0.05) is 24.2 Å². The van der Waals surface area contributed by atoms with Crippen LogP contribution in [0.4, 0.5) is 0 Å². The summed E-state index contributed by atoms with van der Waals surface area (Å²) in [5, 5.41) is 3.48. The molecule has 0 spiro atoms. The topological polar surface area (TPSA) is 111 Å². The average molecular weight is 400 g/mol. The van der Waals surface area contributed by atoms with Crippen molar-refractivity contribution in [1.82, 2.24) is 10.6 Å². The minimum atomic E-state index is -0.791. The lowest BCUT2D eigenvalue weighted by molar-refractivity contribution is -0.140. The zero-order valence-electron chi connectivity index (χ0n) is 14.2. The van der Waals surface area contributed by atoms with Crippen LogP contribution in [0.2, 0.25) is 0 Å². The number of hydrogen-bond donors (Lipinski definition) is 4. The summed E-state index contributed by atoms with van der Waals surface area (Å²) in [5.41, 5.74) is 0.469. The van der Waals surface area contributed by atoms with Crippen LogP contribution in [-0.2, 0) is 19.1 Å². The summed E-state index contributed by atoms with van der Waals surface area (Å²) in [6.45, 7) is -0.0446. The van der Waals surface area contributed by atoms with E-state index in [2.05, 4.69) is 45.4 Å². The average Bonchev–Trinajstić information content (AvgIpc) is 2.68. The maximum absolute atomic E-state index is 12.1. The molecule has 0 saturated carbocycles. The van der Waals surface area contributed by atoms with Gasteiger partial charge in [0.25, 0.3) is 11.8 Å². The van der Waals surface area contributed by atoms with Crippen molar-refractivity contribution in [3.63, 3.8) is 0 Å². The van der Waals surface area contributed by atoms with E-state index < -0.39 is 34.3 Å². The van der Waals surface area contributed by atoms with Crippen LogP contribution in [0.1, 0.15) is 20.7 Å². The molecule has 2 atom stereocenters. The number of benzene rings is 1. The second-order valence-electron chi connectivity index (χ2n) is 5.08. The van der Waals surface area contributed by atoms with Crippen molar-refractivity contribution in [1.29, 1.82) is 0 Å². The summed E-state index contributed by atoms with van der Waals surface area (Å²) < 4.78 is 9.03. The van der Waals surface area contributed by atoms with Crippen molar-refractivity contribution in [2.45, 2.75) is 10.5 Å². The van der Waals surface area contributed by atoms with Crippen molar-refractivity contribution in [3.8, 4) is 0 Å². The molecule has 142 valence electrons. The molecular weight excluding hydrogens is 380 g/mol. The van der Waals surface area contributed by atoms with E-state index >= 15 is 0 Å². The lowest BCUT2D eigenvalue weighted by atomic mass is 10.1. The third kappa shape index (κ3) is 6.60. The van der Waals surface area contributed by atoms with Crippen molar-refractivity contribution >= 4 is 49.0 Å². The van der Waals surface area contributed by atoms with Crippen LogP contribution < -0.4 is 10.6 Å². The summed E-state index contributed by atoms with van der Waals surface area (Å²) in [6, 6.07) is 5.98. The van der Waals surface area contributed by atoms with Crippen LogP contribution in [-0.4, -0.2) is 61.6 Å². The number of ether oxygens (including phenoxy) is 2. The molecule has 0 aliphatic heterocycles. The molecule has 10 heteroatoms. The summed E-state index contributed by atoms with van der Waals surface area (Å²) in [6.07, 6.45) is 0. The molecule has 0 aliphatic rings. The number of hydrogen-bond acceptors (Lipinski definition) is 8. The Morgan fingerprint density at radius 3 is 1.62 bits per heavy atom. The first-order valence-electron chi connectivity index (χ1n) is 7.48. The second kappa shape index (κ2) is 10.7. The molecule has 1 aromatic rings. The van der Waals surface area contributed by atoms with Crippen LogP contribution in [0.15, 0.2) is 24.3 Å². The van der Waals surface area contributed by atoms with Gasteiger partial charge in [0.15, 0.2) is 0 Å². The maximum Gasteiger partial charge on any atom is 0.320 e. The van der Waals surface area contributed by atoms with Crippen molar-refractivity contribution < 1.29 is 28.7 Å². The summed E-state index contributed by atoms with van der Waals surface area (Å²) in [5.74, 6) is -2.06. The third-order valence-corrected chi connectivity index (χ3v) is 4.03. The highest BCUT2D eigenvalue weighted by molar-refractivity contribution is 7.82. The fourth-order valence-electron chi connectivity index (χ4n) is 1.82. The lowest BCUT2D eigenvalue weighted by Gasteiger charge is -2.12. The Hall–Kier alpha value is -2.20. The Morgan fingerprint density at radius 2 is 1.27 bits per heavy atom. The van der Waals surface area contributed by atoms with E-state index in [-0.39, 0.29) is 24.2 Å². The molecule has 0 aromatic heterocycles. The molecule has 2 N–H and O–H groups in total. The zero-order chi connectivity index (χ0) is 19.7. The lowest BCUT2D eigenvalue weighted by Crippen LogP contribution is -2.35. The first-order valence-corrected chi connectivity index (χ1v) is 8.51. The minimum absolute atomic E-state index is 0.0223. The number of methoxy groups -OCH3 is 2. The maximum atomic E-state index is 12.1. The van der Waals surface area contributed by atoms with Crippen LogP contribution in [0, 0.1) is 0 Å². The van der Waals surface area contributed by atoms with Crippen LogP contribution in [0.3, 0.4) is 0 Å². The largest absolute Gasteiger partial charge is 0.468 e. The van der Waals surface area contributed by atoms with Gasteiger partial charge in [-0.25, -0.2) is 0 Å². The highest BCUT2D eigenvalue weighted by Crippen LogP contribution is 2.07. The van der Waals surface area contributed by atoms with Gasteiger partial charge >= 0.3 is 11.9 Å². The Labute approximate surface area is 161 Å². The number of rotatable bonds is 8. The van der Waals surface area contributed by atoms with Gasteiger partial charge in [-0.1, -0.05) is 6.07 Å². The van der Waals surface area contributed by atoms with E-state index in [1.54, 1.807) is 6.07 Å². The summed E-state index contributed by atoms with van der Waals surface area (Å²) in [7, 11) is 2.45. The molecule has 1 rings (SSSR count). The Balaban J connectivity index is 2.66.